The Morgan fingerprint density at radius 3 is 2.11 bits per heavy atom. The Balaban J connectivity index is 0.892. The van der Waals surface area contributed by atoms with Crippen molar-refractivity contribution in [3.63, 3.8) is 0 Å². The van der Waals surface area contributed by atoms with Gasteiger partial charge in [0.2, 0.25) is 5.91 Å². The maximum absolute atomic E-state index is 14.4. The molecular formula is C55H73F3N6O8S3. The third-order valence-corrected chi connectivity index (χ3v) is 20.5. The molecule has 2 bridgehead atoms. The van der Waals surface area contributed by atoms with Crippen LogP contribution in [0.2, 0.25) is 0 Å². The molecule has 2 heterocycles. The van der Waals surface area contributed by atoms with Crippen LogP contribution in [0.15, 0.2) is 98.6 Å². The van der Waals surface area contributed by atoms with E-state index in [-0.39, 0.29) is 17.9 Å². The minimum Gasteiger partial charge on any atom is -0.481 e. The summed E-state index contributed by atoms with van der Waals surface area (Å²) in [6, 6.07) is 17.5. The van der Waals surface area contributed by atoms with Crippen molar-refractivity contribution in [2.75, 3.05) is 81.4 Å². The summed E-state index contributed by atoms with van der Waals surface area (Å²) in [5, 5.41) is 11.9. The van der Waals surface area contributed by atoms with Gasteiger partial charge in [-0.3, -0.25) is 24.2 Å². The number of unbranched alkanes of at least 4 members (excludes halogenated alkanes) is 2. The van der Waals surface area contributed by atoms with Crippen molar-refractivity contribution in [1.29, 1.82) is 0 Å². The number of halogens is 3. The predicted octanol–water partition coefficient (Wildman–Crippen LogP) is 9.45. The van der Waals surface area contributed by atoms with E-state index >= 15 is 0 Å². The highest BCUT2D eigenvalue weighted by Crippen LogP contribution is 2.79. The number of carboxylic acids is 1. The summed E-state index contributed by atoms with van der Waals surface area (Å²) in [4.78, 5) is 44.5. The second-order valence-corrected chi connectivity index (χ2v) is 27.1. The lowest BCUT2D eigenvalue weighted by Crippen LogP contribution is -2.63. The number of hydrogen-bond acceptors (Lipinski definition) is 12. The zero-order valence-electron chi connectivity index (χ0n) is 43.4. The van der Waals surface area contributed by atoms with Gasteiger partial charge in [0, 0.05) is 106 Å². The number of hydrogen-bond donors (Lipinski definition) is 3. The van der Waals surface area contributed by atoms with Crippen LogP contribution < -0.4 is 14.9 Å². The number of rotatable bonds is 23. The maximum atomic E-state index is 14.4. The molecule has 3 N–H and O–H groups in total. The van der Waals surface area contributed by atoms with Gasteiger partial charge in [-0.25, -0.2) is 21.6 Å². The fourth-order valence-corrected chi connectivity index (χ4v) is 15.0. The number of amides is 2. The number of alkyl halides is 3. The molecule has 0 radical (unpaired) electrons. The number of carboxylic acid groups (broad SMARTS) is 1. The molecule has 2 saturated heterocycles. The maximum Gasteiger partial charge on any atom is 0.501 e. The third-order valence-electron chi connectivity index (χ3n) is 16.4. The molecule has 20 heteroatoms. The molecule has 3 saturated carbocycles. The number of aliphatic carboxylic acids is 1. The lowest BCUT2D eigenvalue weighted by atomic mass is 9.31. The number of sulfone groups is 1. The van der Waals surface area contributed by atoms with E-state index < -0.39 is 58.8 Å². The van der Waals surface area contributed by atoms with Gasteiger partial charge >= 0.3 is 11.5 Å². The first-order valence-electron chi connectivity index (χ1n) is 26.5. The quantitative estimate of drug-likeness (QED) is 0.0466. The molecule has 3 aromatic carbocycles. The van der Waals surface area contributed by atoms with Gasteiger partial charge < -0.3 is 20.2 Å². The van der Waals surface area contributed by atoms with Gasteiger partial charge in [-0.05, 0) is 129 Å². The van der Waals surface area contributed by atoms with E-state index in [1.54, 1.807) is 28.2 Å². The standard InChI is InChI=1S/C55H73F3N6O8S3/c1-4-53-37-54(38-53,39-53)46-34-52(2,3)23-21-41(46)35-62-27-29-63(30-28-62)43-17-15-40(16-18-43)51(68)60-75(71,72)45-19-20-47(48(33-45)74(69,70)55(56,57)58)59-42(36-73-44-11-7-5-8-12-44)22-24-61-25-31-64(32-26-61)49(65)13-9-6-10-14-50(66)67/h5,7-8,11-12,15-20,33,42,59H,4,6,9-10,13-14,21-32,34-39H2,1-3H3,(H,60,68)(H,66,67). The molecular weight excluding hydrogens is 1030 g/mol. The van der Waals surface area contributed by atoms with Crippen molar-refractivity contribution in [2.45, 2.75) is 130 Å². The third kappa shape index (κ3) is 13.6. The van der Waals surface area contributed by atoms with Crippen molar-refractivity contribution in [1.82, 2.24) is 19.4 Å². The molecule has 1 unspecified atom stereocenters. The largest absolute Gasteiger partial charge is 0.501 e. The van der Waals surface area contributed by atoms with Crippen LogP contribution >= 0.6 is 11.8 Å². The van der Waals surface area contributed by atoms with Crippen molar-refractivity contribution in [3.05, 3.63) is 89.5 Å². The van der Waals surface area contributed by atoms with E-state index in [0.29, 0.717) is 92.9 Å². The van der Waals surface area contributed by atoms with Crippen molar-refractivity contribution >= 4 is 60.8 Å². The number of carbonyl (C=O) groups excluding carboxylic acids is 2. The van der Waals surface area contributed by atoms with E-state index in [1.165, 1.54) is 62.4 Å². The highest BCUT2D eigenvalue weighted by molar-refractivity contribution is 7.99. The van der Waals surface area contributed by atoms with Crippen LogP contribution in [0.25, 0.3) is 0 Å². The van der Waals surface area contributed by atoms with Gasteiger partial charge in [-0.2, -0.15) is 13.2 Å². The SMILES string of the molecule is CCC12CC(C3=C(CN4CCN(c5ccc(C(=O)NS(=O)(=O)c6ccc(NC(CCN7CCN(C(=O)CCCCCC(=O)O)CC7)CSc7ccccc7)c(S(=O)(=O)C(F)(F)F)c6)cc5)CC4)CCC(C)(C)C3)(C1)C2. The van der Waals surface area contributed by atoms with Crippen LogP contribution in [0, 0.1) is 16.2 Å². The number of benzene rings is 3. The number of carbonyl (C=O) groups is 3. The Morgan fingerprint density at radius 2 is 1.47 bits per heavy atom. The molecule has 2 amide bonds. The molecule has 6 aliphatic rings. The smallest absolute Gasteiger partial charge is 0.481 e. The number of allylic oxidation sites excluding steroid dienone is 1. The zero-order chi connectivity index (χ0) is 53.8. The Bertz CT molecular complexity index is 2780. The van der Waals surface area contributed by atoms with Gasteiger partial charge in [0.15, 0.2) is 0 Å². The number of thioether (sulfide) groups is 1. The number of piperazine rings is 2. The molecule has 0 spiro atoms. The predicted molar refractivity (Wildman–Crippen MR) is 286 cm³/mol. The first-order chi connectivity index (χ1) is 35.5. The van der Waals surface area contributed by atoms with Crippen molar-refractivity contribution in [2.24, 2.45) is 16.2 Å². The Labute approximate surface area is 445 Å². The molecule has 410 valence electrons. The van der Waals surface area contributed by atoms with Crippen molar-refractivity contribution in [3.8, 4) is 0 Å². The minimum absolute atomic E-state index is 0.00253. The van der Waals surface area contributed by atoms with Crippen LogP contribution in [0.3, 0.4) is 0 Å². The number of nitrogens with one attached hydrogen (secondary N) is 2. The summed E-state index contributed by atoms with van der Waals surface area (Å²) in [7, 11) is -11.0. The first kappa shape index (κ1) is 56.6. The van der Waals surface area contributed by atoms with Gasteiger partial charge in [-0.1, -0.05) is 63.0 Å². The average Bonchev–Trinajstić information content (AvgIpc) is 3.35. The molecule has 14 nitrogen and oxygen atoms in total. The average molecular weight is 1100 g/mol. The summed E-state index contributed by atoms with van der Waals surface area (Å²) in [5.74, 6) is -1.60. The second-order valence-electron chi connectivity index (χ2n) is 22.4. The first-order valence-corrected chi connectivity index (χ1v) is 30.4. The monoisotopic (exact) mass is 1100 g/mol. The van der Waals surface area contributed by atoms with Crippen LogP contribution in [0.4, 0.5) is 24.5 Å². The Morgan fingerprint density at radius 1 is 0.813 bits per heavy atom. The summed E-state index contributed by atoms with van der Waals surface area (Å²) in [6.07, 6.45) is 11.4. The summed E-state index contributed by atoms with van der Waals surface area (Å²) in [6.45, 7) is 13.9. The molecule has 2 aliphatic heterocycles. The topological polar surface area (TPSA) is 177 Å². The van der Waals surface area contributed by atoms with Crippen LogP contribution in [0.5, 0.6) is 0 Å². The van der Waals surface area contributed by atoms with Gasteiger partial charge in [0.1, 0.15) is 4.90 Å². The number of sulfonamides is 1. The van der Waals surface area contributed by atoms with Crippen LogP contribution in [0.1, 0.15) is 115 Å². The van der Waals surface area contributed by atoms with E-state index in [9.17, 15) is 44.4 Å². The highest BCUT2D eigenvalue weighted by atomic mass is 32.2. The second kappa shape index (κ2) is 23.1. The zero-order valence-corrected chi connectivity index (χ0v) is 45.9. The van der Waals surface area contributed by atoms with E-state index in [0.717, 1.165) is 61.9 Å². The molecule has 1 atom stereocenters. The molecule has 4 aliphatic carbocycles. The van der Waals surface area contributed by atoms with Gasteiger partial charge in [0.25, 0.3) is 25.8 Å². The molecule has 75 heavy (non-hydrogen) atoms. The lowest BCUT2D eigenvalue weighted by molar-refractivity contribution is -0.182. The van der Waals surface area contributed by atoms with Crippen molar-refractivity contribution < 1.29 is 49.5 Å². The number of nitrogens with zero attached hydrogens (tertiary/aromatic N) is 4. The van der Waals surface area contributed by atoms with E-state index in [4.69, 9.17) is 5.11 Å². The van der Waals surface area contributed by atoms with E-state index in [1.807, 2.05) is 35.1 Å². The molecule has 3 aromatic rings. The van der Waals surface area contributed by atoms with Gasteiger partial charge in [-0.15, -0.1) is 11.8 Å². The van der Waals surface area contributed by atoms with E-state index in [2.05, 4.69) is 40.8 Å². The Kier molecular flexibility index (Phi) is 17.5. The number of anilines is 2. The molecule has 0 aromatic heterocycles. The fraction of sp³-hybridized carbons (Fsp3) is 0.582. The Hall–Kier alpha value is -4.63. The fourth-order valence-electron chi connectivity index (χ4n) is 12.0. The minimum atomic E-state index is -6.12. The van der Waals surface area contributed by atoms with Crippen LogP contribution in [-0.4, -0.2) is 137 Å². The molecule has 9 rings (SSSR count). The molecule has 5 fully saturated rings. The highest BCUT2D eigenvalue weighted by Gasteiger charge is 2.68. The van der Waals surface area contributed by atoms with Gasteiger partial charge in [0.05, 0.1) is 10.6 Å². The summed E-state index contributed by atoms with van der Waals surface area (Å²) in [5.41, 5.74) is -0.603. The summed E-state index contributed by atoms with van der Waals surface area (Å²) < 4.78 is 98.9. The lowest BCUT2D eigenvalue weighted by Gasteiger charge is -2.73. The summed E-state index contributed by atoms with van der Waals surface area (Å²) >= 11 is 1.41. The normalized spacial score (nSPS) is 22.7. The van der Waals surface area contributed by atoms with Crippen LogP contribution in [-0.2, 0) is 29.4 Å².